The van der Waals surface area contributed by atoms with E-state index in [4.69, 9.17) is 11.6 Å². The molecule has 0 aliphatic rings. The van der Waals surface area contributed by atoms with E-state index in [9.17, 15) is 4.79 Å². The fourth-order valence-corrected chi connectivity index (χ4v) is 2.53. The van der Waals surface area contributed by atoms with Gasteiger partial charge in [-0.25, -0.2) is 0 Å². The molecule has 0 amide bonds. The molecule has 0 saturated heterocycles. The van der Waals surface area contributed by atoms with Crippen molar-refractivity contribution < 1.29 is 4.79 Å². The average Bonchev–Trinajstić information content (AvgIpc) is 2.49. The van der Waals surface area contributed by atoms with Crippen LogP contribution in [0.3, 0.4) is 0 Å². The zero-order valence-electron chi connectivity index (χ0n) is 10.7. The normalized spacial score (nSPS) is 10.7. The Morgan fingerprint density at radius 2 is 1.90 bits per heavy atom. The van der Waals surface area contributed by atoms with Gasteiger partial charge in [0.05, 0.1) is 5.52 Å². The van der Waals surface area contributed by atoms with Crippen LogP contribution in [0.1, 0.15) is 21.5 Å². The van der Waals surface area contributed by atoms with Crippen molar-refractivity contribution in [2.75, 3.05) is 0 Å². The third-order valence-electron chi connectivity index (χ3n) is 3.36. The van der Waals surface area contributed by atoms with E-state index in [1.54, 1.807) is 12.3 Å². The summed E-state index contributed by atoms with van der Waals surface area (Å²) in [5.74, 6) is 0. The van der Waals surface area contributed by atoms with Crippen molar-refractivity contribution in [3.05, 3.63) is 76.4 Å². The Morgan fingerprint density at radius 1 is 1.05 bits per heavy atom. The van der Waals surface area contributed by atoms with Crippen LogP contribution in [0.25, 0.3) is 10.9 Å². The number of benzene rings is 2. The zero-order chi connectivity index (χ0) is 13.9. The molecule has 3 aromatic rings. The highest BCUT2D eigenvalue weighted by Crippen LogP contribution is 2.22. The van der Waals surface area contributed by atoms with E-state index in [1.807, 2.05) is 42.5 Å². The van der Waals surface area contributed by atoms with E-state index < -0.39 is 0 Å². The highest BCUT2D eigenvalue weighted by atomic mass is 35.5. The number of hydrogen-bond acceptors (Lipinski definition) is 2. The number of rotatable bonds is 3. The van der Waals surface area contributed by atoms with Crippen LogP contribution in [-0.2, 0) is 6.42 Å². The summed E-state index contributed by atoms with van der Waals surface area (Å²) >= 11 is 5.92. The molecule has 20 heavy (non-hydrogen) atoms. The van der Waals surface area contributed by atoms with Gasteiger partial charge in [-0.2, -0.15) is 0 Å². The van der Waals surface area contributed by atoms with Crippen LogP contribution in [0, 0.1) is 0 Å². The van der Waals surface area contributed by atoms with Gasteiger partial charge in [-0.3, -0.25) is 9.78 Å². The number of para-hydroxylation sites is 1. The molecule has 98 valence electrons. The predicted octanol–water partition coefficient (Wildman–Crippen LogP) is 4.29. The van der Waals surface area contributed by atoms with Crippen LogP contribution in [0.5, 0.6) is 0 Å². The highest BCUT2D eigenvalue weighted by molar-refractivity contribution is 6.30. The predicted molar refractivity (Wildman–Crippen MR) is 81.4 cm³/mol. The molecule has 2 nitrogen and oxygen atoms in total. The lowest BCUT2D eigenvalue weighted by Crippen LogP contribution is -1.96. The first-order valence-corrected chi connectivity index (χ1v) is 6.72. The second-order valence-corrected chi connectivity index (χ2v) is 5.06. The van der Waals surface area contributed by atoms with Gasteiger partial charge in [0.15, 0.2) is 0 Å². The van der Waals surface area contributed by atoms with Gasteiger partial charge in [0, 0.05) is 22.2 Å². The number of aromatic nitrogens is 1. The molecule has 0 aliphatic carbocycles. The number of carbonyl (C=O) groups is 1. The largest absolute Gasteiger partial charge is 0.298 e. The number of fused-ring (bicyclic) bond motifs is 1. The van der Waals surface area contributed by atoms with Gasteiger partial charge in [0.25, 0.3) is 0 Å². The maximum Gasteiger partial charge on any atom is 0.150 e. The lowest BCUT2D eigenvalue weighted by molar-refractivity contribution is 0.112. The third kappa shape index (κ3) is 2.43. The minimum absolute atomic E-state index is 0.579. The molecule has 1 aromatic heterocycles. The fraction of sp³-hybridized carbons (Fsp3) is 0.0588. The van der Waals surface area contributed by atoms with Crippen molar-refractivity contribution in [2.45, 2.75) is 6.42 Å². The number of pyridine rings is 1. The lowest BCUT2D eigenvalue weighted by Gasteiger charge is -2.08. The van der Waals surface area contributed by atoms with Crippen molar-refractivity contribution >= 4 is 28.8 Å². The Labute approximate surface area is 122 Å². The second-order valence-electron chi connectivity index (χ2n) is 4.62. The summed E-state index contributed by atoms with van der Waals surface area (Å²) in [6, 6.07) is 15.4. The molecule has 3 heteroatoms. The van der Waals surface area contributed by atoms with Gasteiger partial charge in [-0.15, -0.1) is 0 Å². The zero-order valence-corrected chi connectivity index (χ0v) is 11.5. The Kier molecular flexibility index (Phi) is 3.48. The smallest absolute Gasteiger partial charge is 0.150 e. The van der Waals surface area contributed by atoms with Crippen LogP contribution in [-0.4, -0.2) is 11.3 Å². The monoisotopic (exact) mass is 281 g/mol. The van der Waals surface area contributed by atoms with Crippen molar-refractivity contribution in [1.29, 1.82) is 0 Å². The van der Waals surface area contributed by atoms with Gasteiger partial charge < -0.3 is 0 Å². The summed E-state index contributed by atoms with van der Waals surface area (Å²) in [6.07, 6.45) is 3.34. The second kappa shape index (κ2) is 5.43. The van der Waals surface area contributed by atoms with Gasteiger partial charge in [0.1, 0.15) is 6.29 Å². The maximum absolute atomic E-state index is 11.2. The van der Waals surface area contributed by atoms with Gasteiger partial charge >= 0.3 is 0 Å². The molecule has 0 bridgehead atoms. The summed E-state index contributed by atoms with van der Waals surface area (Å²) in [6.45, 7) is 0. The molecule has 0 fully saturated rings. The van der Waals surface area contributed by atoms with E-state index in [-0.39, 0.29) is 0 Å². The standard InChI is InChI=1S/C17H12ClNO/c18-15-6-5-12(14(10-15)11-20)9-13-7-8-19-17-4-2-1-3-16(13)17/h1-8,10-11H,9H2. The van der Waals surface area contributed by atoms with E-state index in [0.717, 1.165) is 28.3 Å². The topological polar surface area (TPSA) is 30.0 Å². The maximum atomic E-state index is 11.2. The number of hydrogen-bond donors (Lipinski definition) is 0. The van der Waals surface area contributed by atoms with Gasteiger partial charge in [-0.1, -0.05) is 35.9 Å². The molecule has 0 aliphatic heterocycles. The van der Waals surface area contributed by atoms with Gasteiger partial charge in [0.2, 0.25) is 0 Å². The van der Waals surface area contributed by atoms with E-state index >= 15 is 0 Å². The summed E-state index contributed by atoms with van der Waals surface area (Å²) in [5, 5.41) is 1.69. The SMILES string of the molecule is O=Cc1cc(Cl)ccc1Cc1ccnc2ccccc12. The molecule has 0 radical (unpaired) electrons. The third-order valence-corrected chi connectivity index (χ3v) is 3.59. The summed E-state index contributed by atoms with van der Waals surface area (Å²) in [5.41, 5.74) is 3.73. The van der Waals surface area contributed by atoms with Crippen LogP contribution in [0.2, 0.25) is 5.02 Å². The first-order chi connectivity index (χ1) is 9.78. The number of carbonyl (C=O) groups excluding carboxylic acids is 1. The highest BCUT2D eigenvalue weighted by Gasteiger charge is 2.07. The van der Waals surface area contributed by atoms with Crippen molar-refractivity contribution in [3.8, 4) is 0 Å². The minimum atomic E-state index is 0.579. The molecule has 0 N–H and O–H groups in total. The first kappa shape index (κ1) is 12.8. The number of halogens is 1. The summed E-state index contributed by atoms with van der Waals surface area (Å²) < 4.78 is 0. The molecule has 3 rings (SSSR count). The lowest BCUT2D eigenvalue weighted by atomic mass is 9.98. The molecule has 2 aromatic carbocycles. The van der Waals surface area contributed by atoms with Crippen LogP contribution in [0.4, 0.5) is 0 Å². The molecule has 1 heterocycles. The van der Waals surface area contributed by atoms with Crippen molar-refractivity contribution in [2.24, 2.45) is 0 Å². The summed E-state index contributed by atoms with van der Waals surface area (Å²) in [7, 11) is 0. The minimum Gasteiger partial charge on any atom is -0.298 e. The first-order valence-electron chi connectivity index (χ1n) is 6.34. The van der Waals surface area contributed by atoms with E-state index in [2.05, 4.69) is 4.98 Å². The molecule has 0 spiro atoms. The van der Waals surface area contributed by atoms with Crippen molar-refractivity contribution in [1.82, 2.24) is 4.98 Å². The van der Waals surface area contributed by atoms with Crippen LogP contribution >= 0.6 is 11.6 Å². The number of aldehydes is 1. The summed E-state index contributed by atoms with van der Waals surface area (Å²) in [4.78, 5) is 15.5. The molecular weight excluding hydrogens is 270 g/mol. The van der Waals surface area contributed by atoms with Crippen molar-refractivity contribution in [3.63, 3.8) is 0 Å². The molecule has 0 unspecified atom stereocenters. The quantitative estimate of drug-likeness (QED) is 0.670. The Balaban J connectivity index is 2.08. The van der Waals surface area contributed by atoms with Crippen LogP contribution < -0.4 is 0 Å². The Morgan fingerprint density at radius 3 is 2.75 bits per heavy atom. The van der Waals surface area contributed by atoms with Gasteiger partial charge in [-0.05, 0) is 41.8 Å². The fourth-order valence-electron chi connectivity index (χ4n) is 2.35. The Hall–Kier alpha value is -2.19. The molecule has 0 saturated carbocycles. The Bertz CT molecular complexity index is 778. The van der Waals surface area contributed by atoms with Crippen LogP contribution in [0.15, 0.2) is 54.7 Å². The van der Waals surface area contributed by atoms with E-state index in [1.165, 1.54) is 0 Å². The number of nitrogens with zero attached hydrogens (tertiary/aromatic N) is 1. The average molecular weight is 282 g/mol. The molecular formula is C17H12ClNO. The van der Waals surface area contributed by atoms with E-state index in [0.29, 0.717) is 17.0 Å². The molecule has 0 atom stereocenters.